The average Bonchev–Trinajstić information content (AvgIpc) is 2.87. The van der Waals surface area contributed by atoms with Gasteiger partial charge in [-0.15, -0.1) is 23.4 Å². The van der Waals surface area contributed by atoms with E-state index >= 15 is 0 Å². The molecule has 2 rings (SSSR count). The van der Waals surface area contributed by atoms with Crippen molar-refractivity contribution in [2.45, 2.75) is 98.9 Å². The quantitative estimate of drug-likeness (QED) is 0.362. The van der Waals surface area contributed by atoms with Crippen LogP contribution in [0.15, 0.2) is 0 Å². The van der Waals surface area contributed by atoms with Crippen LogP contribution in [0.5, 0.6) is 0 Å². The standard InChI is InChI=1S/C19H34ClFN2O5S/c1-4-6-19(21)7-5-11(22-9-8-19)17(27)23-12(10(2)20)16-14(25)13(24)15(26)18(28-16)29-3/h10-16,18,22,24-26H,4-9H2,1-3H3,(H,23,27). The van der Waals surface area contributed by atoms with Gasteiger partial charge in [0.2, 0.25) is 5.91 Å². The molecule has 0 saturated carbocycles. The van der Waals surface area contributed by atoms with Gasteiger partial charge in [-0.3, -0.25) is 4.79 Å². The molecule has 0 aliphatic carbocycles. The van der Waals surface area contributed by atoms with Crippen molar-refractivity contribution >= 4 is 29.3 Å². The summed E-state index contributed by atoms with van der Waals surface area (Å²) < 4.78 is 20.6. The molecule has 5 N–H and O–H groups in total. The predicted octanol–water partition coefficient (Wildman–Crippen LogP) is 0.920. The number of aliphatic hydroxyl groups is 3. The average molecular weight is 457 g/mol. The molecule has 29 heavy (non-hydrogen) atoms. The summed E-state index contributed by atoms with van der Waals surface area (Å²) in [6, 6.07) is -1.37. The SMILES string of the molecule is CCCC1(F)CCNC(C(=O)NC(C(C)Cl)C2OC(SC)C(O)C(O)C2O)CC1. The third kappa shape index (κ3) is 6.18. The zero-order chi connectivity index (χ0) is 21.8. The Morgan fingerprint density at radius 1 is 1.34 bits per heavy atom. The summed E-state index contributed by atoms with van der Waals surface area (Å²) in [5, 5.41) is 35.9. The van der Waals surface area contributed by atoms with E-state index in [0.29, 0.717) is 32.2 Å². The second-order valence-electron chi connectivity index (χ2n) is 8.08. The summed E-state index contributed by atoms with van der Waals surface area (Å²) in [6.45, 7) is 4.00. The van der Waals surface area contributed by atoms with Crippen molar-refractivity contribution in [3.8, 4) is 0 Å². The number of amides is 1. The van der Waals surface area contributed by atoms with Crippen molar-refractivity contribution in [2.75, 3.05) is 12.8 Å². The minimum absolute atomic E-state index is 0.301. The van der Waals surface area contributed by atoms with E-state index < -0.39 is 53.0 Å². The zero-order valence-electron chi connectivity index (χ0n) is 17.2. The van der Waals surface area contributed by atoms with Crippen molar-refractivity contribution in [2.24, 2.45) is 0 Å². The van der Waals surface area contributed by atoms with E-state index in [-0.39, 0.29) is 5.91 Å². The Hall–Kier alpha value is -0.160. The summed E-state index contributed by atoms with van der Waals surface area (Å²) in [5.74, 6) is -0.347. The van der Waals surface area contributed by atoms with E-state index in [1.807, 2.05) is 6.92 Å². The highest BCUT2D eigenvalue weighted by Crippen LogP contribution is 2.32. The fraction of sp³-hybridized carbons (Fsp3) is 0.947. The summed E-state index contributed by atoms with van der Waals surface area (Å²) in [5.41, 5.74) is -2.02. The van der Waals surface area contributed by atoms with Crippen LogP contribution < -0.4 is 10.6 Å². The lowest BCUT2D eigenvalue weighted by Crippen LogP contribution is -2.65. The lowest BCUT2D eigenvalue weighted by molar-refractivity contribution is -0.205. The molecule has 170 valence electrons. The highest BCUT2D eigenvalue weighted by atomic mass is 35.5. The Bertz CT molecular complexity index is 547. The molecule has 2 aliphatic rings. The minimum Gasteiger partial charge on any atom is -0.388 e. The first-order chi connectivity index (χ1) is 13.6. The monoisotopic (exact) mass is 456 g/mol. The van der Waals surface area contributed by atoms with Crippen LogP contribution in [-0.2, 0) is 9.53 Å². The first-order valence-electron chi connectivity index (χ1n) is 10.2. The van der Waals surface area contributed by atoms with Gasteiger partial charge in [-0.2, -0.15) is 0 Å². The Labute approximate surface area is 181 Å². The van der Waals surface area contributed by atoms with Crippen molar-refractivity contribution in [1.82, 2.24) is 10.6 Å². The Morgan fingerprint density at radius 3 is 2.62 bits per heavy atom. The second-order valence-corrected chi connectivity index (χ2v) is 9.71. The Kier molecular flexibility index (Phi) is 9.46. The largest absolute Gasteiger partial charge is 0.388 e. The van der Waals surface area contributed by atoms with Crippen LogP contribution in [0, 0.1) is 0 Å². The van der Waals surface area contributed by atoms with E-state index in [1.54, 1.807) is 13.2 Å². The number of aliphatic hydroxyl groups excluding tert-OH is 3. The van der Waals surface area contributed by atoms with Crippen molar-refractivity contribution in [3.63, 3.8) is 0 Å². The topological polar surface area (TPSA) is 111 Å². The number of carbonyl (C=O) groups excluding carboxylic acids is 1. The van der Waals surface area contributed by atoms with E-state index in [0.717, 1.165) is 6.42 Å². The van der Waals surface area contributed by atoms with Crippen molar-refractivity contribution < 1.29 is 29.2 Å². The number of nitrogens with one attached hydrogen (secondary N) is 2. The molecule has 10 heteroatoms. The third-order valence-electron chi connectivity index (χ3n) is 5.86. The smallest absolute Gasteiger partial charge is 0.237 e. The van der Waals surface area contributed by atoms with Crippen LogP contribution in [-0.4, -0.2) is 87.0 Å². The molecule has 2 heterocycles. The van der Waals surface area contributed by atoms with Crippen LogP contribution in [0.25, 0.3) is 0 Å². The van der Waals surface area contributed by atoms with Gasteiger partial charge in [0.05, 0.1) is 17.5 Å². The van der Waals surface area contributed by atoms with Crippen molar-refractivity contribution in [3.05, 3.63) is 0 Å². The molecule has 0 spiro atoms. The lowest BCUT2D eigenvalue weighted by Gasteiger charge is -2.44. The molecule has 9 unspecified atom stereocenters. The minimum atomic E-state index is -1.42. The number of carbonyl (C=O) groups is 1. The maximum absolute atomic E-state index is 14.9. The number of alkyl halides is 2. The molecule has 0 aromatic carbocycles. The van der Waals surface area contributed by atoms with E-state index in [4.69, 9.17) is 16.3 Å². The summed E-state index contributed by atoms with van der Waals surface area (Å²) in [6.07, 6.45) is -1.12. The molecule has 7 nitrogen and oxygen atoms in total. The highest BCUT2D eigenvalue weighted by Gasteiger charge is 2.48. The van der Waals surface area contributed by atoms with Crippen LogP contribution in [0.1, 0.15) is 46.0 Å². The van der Waals surface area contributed by atoms with Crippen molar-refractivity contribution in [1.29, 1.82) is 0 Å². The number of halogens is 2. The van der Waals surface area contributed by atoms with E-state index in [1.165, 1.54) is 11.8 Å². The van der Waals surface area contributed by atoms with Gasteiger partial charge in [0.1, 0.15) is 35.5 Å². The summed E-state index contributed by atoms with van der Waals surface area (Å²) >= 11 is 7.48. The highest BCUT2D eigenvalue weighted by molar-refractivity contribution is 7.99. The fourth-order valence-electron chi connectivity index (χ4n) is 4.11. The van der Waals surface area contributed by atoms with Gasteiger partial charge in [0.15, 0.2) is 0 Å². The van der Waals surface area contributed by atoms with Crippen LogP contribution >= 0.6 is 23.4 Å². The third-order valence-corrected chi connectivity index (χ3v) is 6.98. The van der Waals surface area contributed by atoms with Gasteiger partial charge in [0, 0.05) is 0 Å². The second kappa shape index (κ2) is 10.9. The van der Waals surface area contributed by atoms with Gasteiger partial charge in [0.25, 0.3) is 0 Å². The first-order valence-corrected chi connectivity index (χ1v) is 11.9. The maximum atomic E-state index is 14.9. The van der Waals surface area contributed by atoms with Crippen LogP contribution in [0.3, 0.4) is 0 Å². The molecule has 0 aromatic rings. The molecule has 9 atom stereocenters. The molecule has 0 aromatic heterocycles. The summed E-state index contributed by atoms with van der Waals surface area (Å²) in [4.78, 5) is 12.9. The first kappa shape index (κ1) is 25.1. The molecular weight excluding hydrogens is 423 g/mol. The number of hydrogen-bond acceptors (Lipinski definition) is 7. The molecule has 2 fully saturated rings. The Balaban J connectivity index is 2.07. The van der Waals surface area contributed by atoms with Gasteiger partial charge < -0.3 is 30.7 Å². The fourth-order valence-corrected chi connectivity index (χ4v) is 5.00. The van der Waals surface area contributed by atoms with Gasteiger partial charge >= 0.3 is 0 Å². The van der Waals surface area contributed by atoms with Gasteiger partial charge in [-0.05, 0) is 45.4 Å². The molecule has 2 aliphatic heterocycles. The van der Waals surface area contributed by atoms with E-state index in [9.17, 15) is 24.5 Å². The van der Waals surface area contributed by atoms with Crippen LogP contribution in [0.4, 0.5) is 4.39 Å². The number of hydrogen-bond donors (Lipinski definition) is 5. The summed E-state index contributed by atoms with van der Waals surface area (Å²) in [7, 11) is 0. The molecule has 2 saturated heterocycles. The van der Waals surface area contributed by atoms with Gasteiger partial charge in [-0.1, -0.05) is 13.3 Å². The lowest BCUT2D eigenvalue weighted by atomic mass is 9.90. The number of rotatable bonds is 7. The number of ether oxygens (including phenoxy) is 1. The molecule has 1 amide bonds. The molecule has 0 radical (unpaired) electrons. The molecule has 0 bridgehead atoms. The normalized spacial score (nSPS) is 40.7. The molecular formula is C19H34ClFN2O5S. The van der Waals surface area contributed by atoms with Crippen LogP contribution in [0.2, 0.25) is 0 Å². The number of thioether (sulfide) groups is 1. The van der Waals surface area contributed by atoms with E-state index in [2.05, 4.69) is 10.6 Å². The predicted molar refractivity (Wildman–Crippen MR) is 112 cm³/mol. The maximum Gasteiger partial charge on any atom is 0.237 e. The Morgan fingerprint density at radius 2 is 2.03 bits per heavy atom. The zero-order valence-corrected chi connectivity index (χ0v) is 18.8. The van der Waals surface area contributed by atoms with Gasteiger partial charge in [-0.25, -0.2) is 4.39 Å².